The second kappa shape index (κ2) is 9.77. The van der Waals surface area contributed by atoms with Crippen LogP contribution in [0.25, 0.3) is 0 Å². The van der Waals surface area contributed by atoms with Crippen molar-refractivity contribution in [2.45, 2.75) is 46.2 Å². The quantitative estimate of drug-likeness (QED) is 0.351. The lowest BCUT2D eigenvalue weighted by molar-refractivity contribution is 0.382. The Labute approximate surface area is 181 Å². The fourth-order valence-corrected chi connectivity index (χ4v) is 2.95. The van der Waals surface area contributed by atoms with E-state index in [1.807, 2.05) is 20.3 Å². The molecule has 0 amide bonds. The lowest BCUT2D eigenvalue weighted by Gasteiger charge is -2.22. The molecule has 0 radical (unpaired) electrons. The number of hydrogen-bond acceptors (Lipinski definition) is 3. The molecule has 0 aromatic carbocycles. The third-order valence-corrected chi connectivity index (χ3v) is 4.26. The molecule has 0 fully saturated rings. The van der Waals surface area contributed by atoms with Crippen LogP contribution in [0.4, 0.5) is 0 Å². The van der Waals surface area contributed by atoms with Crippen molar-refractivity contribution >= 4 is 45.9 Å². The van der Waals surface area contributed by atoms with Crippen molar-refractivity contribution in [2.75, 3.05) is 13.6 Å². The number of aromatic nitrogens is 2. The van der Waals surface area contributed by atoms with E-state index in [0.717, 1.165) is 29.3 Å². The van der Waals surface area contributed by atoms with Gasteiger partial charge >= 0.3 is 0 Å². The summed E-state index contributed by atoms with van der Waals surface area (Å²) in [5.74, 6) is 2.34. The number of aryl methyl sites for hydroxylation is 1. The predicted octanol–water partition coefficient (Wildman–Crippen LogP) is 4.29. The Hall–Kier alpha value is -1.03. The van der Waals surface area contributed by atoms with E-state index in [1.54, 1.807) is 6.20 Å². The number of rotatable bonds is 5. The van der Waals surface area contributed by atoms with E-state index < -0.39 is 0 Å². The van der Waals surface area contributed by atoms with Crippen LogP contribution in [0.15, 0.2) is 32.3 Å². The number of oxazole rings is 1. The highest BCUT2D eigenvalue weighted by molar-refractivity contribution is 14.0. The summed E-state index contributed by atoms with van der Waals surface area (Å²) in [4.78, 5) is 11.1. The van der Waals surface area contributed by atoms with Crippen molar-refractivity contribution in [3.63, 3.8) is 0 Å². The lowest BCUT2D eigenvalue weighted by Crippen LogP contribution is -2.38. The minimum atomic E-state index is -0.0455. The first-order valence-corrected chi connectivity index (χ1v) is 9.25. The molecule has 0 aliphatic carbocycles. The highest BCUT2D eigenvalue weighted by Gasteiger charge is 2.19. The summed E-state index contributed by atoms with van der Waals surface area (Å²) >= 11 is 3.51. The SMILES string of the molecule is CCNC(=NCc1ncc(C(C)(C)C)o1)N(C)Cc1cc(Br)cn1C.I. The molecule has 26 heavy (non-hydrogen) atoms. The molecule has 2 aromatic rings. The average molecular weight is 538 g/mol. The van der Waals surface area contributed by atoms with Crippen LogP contribution in [-0.2, 0) is 25.6 Å². The van der Waals surface area contributed by atoms with Gasteiger partial charge < -0.3 is 19.2 Å². The molecule has 0 saturated heterocycles. The van der Waals surface area contributed by atoms with Gasteiger partial charge in [-0.15, -0.1) is 24.0 Å². The highest BCUT2D eigenvalue weighted by atomic mass is 127. The summed E-state index contributed by atoms with van der Waals surface area (Å²) in [5, 5.41) is 3.32. The molecular weight excluding hydrogens is 509 g/mol. The van der Waals surface area contributed by atoms with Crippen LogP contribution in [0.5, 0.6) is 0 Å². The number of guanidine groups is 1. The summed E-state index contributed by atoms with van der Waals surface area (Å²) in [6.45, 7) is 10.4. The molecule has 0 aliphatic heterocycles. The van der Waals surface area contributed by atoms with Crippen LogP contribution < -0.4 is 5.32 Å². The van der Waals surface area contributed by atoms with Gasteiger partial charge in [-0.3, -0.25) is 0 Å². The van der Waals surface area contributed by atoms with Gasteiger partial charge in [0.05, 0.1) is 12.7 Å². The molecule has 2 aromatic heterocycles. The predicted molar refractivity (Wildman–Crippen MR) is 120 cm³/mol. The molecule has 0 unspecified atom stereocenters. The Bertz CT molecular complexity index is 732. The van der Waals surface area contributed by atoms with E-state index >= 15 is 0 Å². The van der Waals surface area contributed by atoms with Gasteiger partial charge in [0.1, 0.15) is 12.3 Å². The van der Waals surface area contributed by atoms with Gasteiger partial charge in [-0.05, 0) is 28.9 Å². The molecule has 0 spiro atoms. The van der Waals surface area contributed by atoms with E-state index in [-0.39, 0.29) is 29.4 Å². The van der Waals surface area contributed by atoms with Gasteiger partial charge in [0.2, 0.25) is 5.89 Å². The zero-order chi connectivity index (χ0) is 18.6. The second-order valence-corrected chi connectivity index (χ2v) is 8.07. The van der Waals surface area contributed by atoms with E-state index in [0.29, 0.717) is 12.4 Å². The highest BCUT2D eigenvalue weighted by Crippen LogP contribution is 2.22. The van der Waals surface area contributed by atoms with Gasteiger partial charge in [0.15, 0.2) is 5.96 Å². The number of nitrogens with one attached hydrogen (secondary N) is 1. The van der Waals surface area contributed by atoms with Gasteiger partial charge in [-0.25, -0.2) is 9.98 Å². The molecule has 0 bridgehead atoms. The lowest BCUT2D eigenvalue weighted by atomic mass is 9.94. The molecule has 2 heterocycles. The van der Waals surface area contributed by atoms with Gasteiger partial charge in [0, 0.05) is 42.4 Å². The molecule has 2 rings (SSSR count). The molecule has 1 N–H and O–H groups in total. The van der Waals surface area contributed by atoms with Crippen molar-refractivity contribution in [3.05, 3.63) is 40.3 Å². The summed E-state index contributed by atoms with van der Waals surface area (Å²) in [6, 6.07) is 2.11. The van der Waals surface area contributed by atoms with Crippen molar-refractivity contribution in [2.24, 2.45) is 12.0 Å². The maximum atomic E-state index is 5.82. The van der Waals surface area contributed by atoms with Crippen LogP contribution in [0.1, 0.15) is 45.0 Å². The first-order chi connectivity index (χ1) is 11.7. The number of aliphatic imine (C=N–C) groups is 1. The summed E-state index contributed by atoms with van der Waals surface area (Å²) < 4.78 is 9.01. The standard InChI is InChI=1S/C18H28BrN5O.HI/c1-7-20-17(24(6)12-14-8-13(19)11-23(14)5)22-10-16-21-9-15(25-16)18(2,3)4;/h8-9,11H,7,10,12H2,1-6H3,(H,20,22);1H. The maximum Gasteiger partial charge on any atom is 0.216 e. The van der Waals surface area contributed by atoms with Crippen LogP contribution in [0.3, 0.4) is 0 Å². The summed E-state index contributed by atoms with van der Waals surface area (Å²) in [7, 11) is 4.07. The monoisotopic (exact) mass is 537 g/mol. The Morgan fingerprint density at radius 3 is 2.62 bits per heavy atom. The summed E-state index contributed by atoms with van der Waals surface area (Å²) in [6.07, 6.45) is 3.84. The van der Waals surface area contributed by atoms with Gasteiger partial charge in [-0.2, -0.15) is 0 Å². The fourth-order valence-electron chi connectivity index (χ4n) is 2.38. The maximum absolute atomic E-state index is 5.82. The minimum Gasteiger partial charge on any atom is -0.443 e. The number of halogens is 2. The zero-order valence-corrected chi connectivity index (χ0v) is 20.3. The van der Waals surface area contributed by atoms with Crippen molar-refractivity contribution in [3.8, 4) is 0 Å². The molecule has 146 valence electrons. The largest absolute Gasteiger partial charge is 0.443 e. The molecule has 6 nitrogen and oxygen atoms in total. The fraction of sp³-hybridized carbons (Fsp3) is 0.556. The first-order valence-electron chi connectivity index (χ1n) is 8.46. The van der Waals surface area contributed by atoms with E-state index in [2.05, 4.69) is 74.5 Å². The van der Waals surface area contributed by atoms with Crippen LogP contribution in [0.2, 0.25) is 0 Å². The van der Waals surface area contributed by atoms with Crippen molar-refractivity contribution in [1.29, 1.82) is 0 Å². The third kappa shape index (κ3) is 6.29. The van der Waals surface area contributed by atoms with Crippen LogP contribution in [-0.4, -0.2) is 34.0 Å². The Morgan fingerprint density at radius 2 is 2.12 bits per heavy atom. The first kappa shape index (κ1) is 23.0. The smallest absolute Gasteiger partial charge is 0.216 e. The Morgan fingerprint density at radius 1 is 1.42 bits per heavy atom. The van der Waals surface area contributed by atoms with Gasteiger partial charge in [0.25, 0.3) is 0 Å². The molecular formula is C18H29BrIN5O. The van der Waals surface area contributed by atoms with Crippen LogP contribution >= 0.6 is 39.9 Å². The number of nitrogens with zero attached hydrogens (tertiary/aromatic N) is 4. The third-order valence-electron chi connectivity index (χ3n) is 3.83. The number of hydrogen-bond donors (Lipinski definition) is 1. The minimum absolute atomic E-state index is 0. The topological polar surface area (TPSA) is 58.6 Å². The van der Waals surface area contributed by atoms with E-state index in [9.17, 15) is 0 Å². The molecule has 0 aliphatic rings. The average Bonchev–Trinajstić information content (AvgIpc) is 3.10. The van der Waals surface area contributed by atoms with Crippen molar-refractivity contribution < 1.29 is 4.42 Å². The molecule has 0 saturated carbocycles. The normalized spacial score (nSPS) is 12.0. The second-order valence-electron chi connectivity index (χ2n) is 7.16. The molecule has 8 heteroatoms. The Balaban J connectivity index is 0.00000338. The molecule has 0 atom stereocenters. The van der Waals surface area contributed by atoms with Gasteiger partial charge in [-0.1, -0.05) is 20.8 Å². The van der Waals surface area contributed by atoms with Crippen LogP contribution in [0, 0.1) is 0 Å². The Kier molecular flexibility index (Phi) is 8.65. The van der Waals surface area contributed by atoms with E-state index in [4.69, 9.17) is 4.42 Å². The van der Waals surface area contributed by atoms with E-state index in [1.165, 1.54) is 5.69 Å². The zero-order valence-electron chi connectivity index (χ0n) is 16.3. The summed E-state index contributed by atoms with van der Waals surface area (Å²) in [5.41, 5.74) is 1.15. The van der Waals surface area contributed by atoms with Crippen molar-refractivity contribution in [1.82, 2.24) is 19.8 Å².